The van der Waals surface area contributed by atoms with E-state index in [1.165, 1.54) is 0 Å². The van der Waals surface area contributed by atoms with Crippen LogP contribution in [0.15, 0.2) is 12.1 Å². The fourth-order valence-corrected chi connectivity index (χ4v) is 1.57. The van der Waals surface area contributed by atoms with Gasteiger partial charge in [-0.1, -0.05) is 25.4 Å². The first-order valence-corrected chi connectivity index (χ1v) is 4.89. The molecule has 0 aliphatic carbocycles. The number of hydrogen-bond donors (Lipinski definition) is 0. The first kappa shape index (κ1) is 11.2. The highest BCUT2D eigenvalue weighted by molar-refractivity contribution is 6.32. The summed E-state index contributed by atoms with van der Waals surface area (Å²) in [5, 5.41) is 0.593. The van der Waals surface area contributed by atoms with E-state index in [2.05, 4.69) is 13.8 Å². The van der Waals surface area contributed by atoms with Gasteiger partial charge in [0.1, 0.15) is 0 Å². The van der Waals surface area contributed by atoms with Crippen molar-refractivity contribution in [1.82, 2.24) is 0 Å². The SMILES string of the molecule is COc1cc(C(C)C)cc(Cl)c1OC. The van der Waals surface area contributed by atoms with E-state index in [1.54, 1.807) is 14.2 Å². The molecule has 0 fully saturated rings. The number of rotatable bonds is 3. The molecule has 0 amide bonds. The van der Waals surface area contributed by atoms with E-state index < -0.39 is 0 Å². The summed E-state index contributed by atoms with van der Waals surface area (Å²) in [7, 11) is 3.19. The molecule has 0 radical (unpaired) electrons. The Morgan fingerprint density at radius 1 is 1.14 bits per heavy atom. The van der Waals surface area contributed by atoms with Crippen molar-refractivity contribution in [2.24, 2.45) is 0 Å². The number of benzene rings is 1. The predicted octanol–water partition coefficient (Wildman–Crippen LogP) is 3.48. The number of hydrogen-bond acceptors (Lipinski definition) is 2. The molecule has 0 N–H and O–H groups in total. The third-order valence-electron chi connectivity index (χ3n) is 2.12. The number of methoxy groups -OCH3 is 2. The van der Waals surface area contributed by atoms with Gasteiger partial charge >= 0.3 is 0 Å². The molecule has 1 rings (SSSR count). The van der Waals surface area contributed by atoms with Gasteiger partial charge in [-0.2, -0.15) is 0 Å². The van der Waals surface area contributed by atoms with Crippen LogP contribution in [0, 0.1) is 0 Å². The van der Waals surface area contributed by atoms with Gasteiger partial charge in [0.05, 0.1) is 19.2 Å². The van der Waals surface area contributed by atoms with Gasteiger partial charge in [-0.3, -0.25) is 0 Å². The van der Waals surface area contributed by atoms with Gasteiger partial charge in [-0.15, -0.1) is 0 Å². The minimum atomic E-state index is 0.423. The van der Waals surface area contributed by atoms with Crippen molar-refractivity contribution in [2.45, 2.75) is 19.8 Å². The second kappa shape index (κ2) is 4.56. The van der Waals surface area contributed by atoms with Crippen LogP contribution < -0.4 is 9.47 Å². The van der Waals surface area contributed by atoms with Gasteiger partial charge in [-0.25, -0.2) is 0 Å². The van der Waals surface area contributed by atoms with Crippen LogP contribution in [0.4, 0.5) is 0 Å². The first-order valence-electron chi connectivity index (χ1n) is 4.51. The third kappa shape index (κ3) is 2.13. The van der Waals surface area contributed by atoms with Crippen molar-refractivity contribution < 1.29 is 9.47 Å². The molecule has 0 aliphatic heterocycles. The summed E-state index contributed by atoms with van der Waals surface area (Å²) in [4.78, 5) is 0. The molecule has 0 heterocycles. The normalized spacial score (nSPS) is 10.4. The van der Waals surface area contributed by atoms with Gasteiger partial charge in [0.15, 0.2) is 11.5 Å². The molecular weight excluding hydrogens is 200 g/mol. The highest BCUT2D eigenvalue weighted by Gasteiger charge is 2.11. The van der Waals surface area contributed by atoms with Crippen LogP contribution in [0.2, 0.25) is 5.02 Å². The molecule has 1 aromatic rings. The largest absolute Gasteiger partial charge is 0.493 e. The fraction of sp³-hybridized carbons (Fsp3) is 0.455. The van der Waals surface area contributed by atoms with Crippen molar-refractivity contribution in [3.05, 3.63) is 22.7 Å². The highest BCUT2D eigenvalue weighted by Crippen LogP contribution is 2.37. The Bertz CT molecular complexity index is 321. The Hall–Kier alpha value is -0.890. The lowest BCUT2D eigenvalue weighted by Gasteiger charge is -2.13. The molecule has 14 heavy (non-hydrogen) atoms. The predicted molar refractivity (Wildman–Crippen MR) is 58.6 cm³/mol. The average Bonchev–Trinajstić information content (AvgIpc) is 2.16. The molecule has 0 spiro atoms. The molecule has 2 nitrogen and oxygen atoms in total. The summed E-state index contributed by atoms with van der Waals surface area (Å²) < 4.78 is 10.3. The average molecular weight is 215 g/mol. The van der Waals surface area contributed by atoms with Crippen LogP contribution in [0.25, 0.3) is 0 Å². The van der Waals surface area contributed by atoms with Gasteiger partial charge in [0, 0.05) is 0 Å². The highest BCUT2D eigenvalue weighted by atomic mass is 35.5. The van der Waals surface area contributed by atoms with Gasteiger partial charge in [0.25, 0.3) is 0 Å². The molecule has 0 aliphatic rings. The second-order valence-corrected chi connectivity index (χ2v) is 3.80. The van der Waals surface area contributed by atoms with E-state index in [0.717, 1.165) is 5.56 Å². The maximum absolute atomic E-state index is 6.05. The maximum Gasteiger partial charge on any atom is 0.179 e. The van der Waals surface area contributed by atoms with Crippen LogP contribution in [0.3, 0.4) is 0 Å². The van der Waals surface area contributed by atoms with E-state index in [-0.39, 0.29) is 0 Å². The van der Waals surface area contributed by atoms with Crippen LogP contribution in [-0.4, -0.2) is 14.2 Å². The van der Waals surface area contributed by atoms with Crippen LogP contribution in [-0.2, 0) is 0 Å². The molecule has 3 heteroatoms. The van der Waals surface area contributed by atoms with Crippen molar-refractivity contribution in [1.29, 1.82) is 0 Å². The topological polar surface area (TPSA) is 18.5 Å². The Balaban J connectivity index is 3.24. The van der Waals surface area contributed by atoms with Crippen molar-refractivity contribution in [3.63, 3.8) is 0 Å². The quantitative estimate of drug-likeness (QED) is 0.767. The maximum atomic E-state index is 6.05. The summed E-state index contributed by atoms with van der Waals surface area (Å²) in [6, 6.07) is 3.86. The molecule has 78 valence electrons. The molecule has 0 saturated carbocycles. The minimum Gasteiger partial charge on any atom is -0.493 e. The van der Waals surface area contributed by atoms with Crippen LogP contribution in [0.5, 0.6) is 11.5 Å². The standard InChI is InChI=1S/C11H15ClO2/c1-7(2)8-5-9(12)11(14-4)10(6-8)13-3/h5-7H,1-4H3. The van der Waals surface area contributed by atoms with Gasteiger partial charge in [-0.05, 0) is 23.6 Å². The third-order valence-corrected chi connectivity index (χ3v) is 2.40. The molecule has 0 bridgehead atoms. The number of ether oxygens (including phenoxy) is 2. The molecule has 0 unspecified atom stereocenters. The summed E-state index contributed by atoms with van der Waals surface area (Å²) in [5.41, 5.74) is 1.15. The fourth-order valence-electron chi connectivity index (χ4n) is 1.27. The van der Waals surface area contributed by atoms with Crippen molar-refractivity contribution in [2.75, 3.05) is 14.2 Å². The smallest absolute Gasteiger partial charge is 0.179 e. The van der Waals surface area contributed by atoms with Gasteiger partial charge < -0.3 is 9.47 Å². The zero-order valence-corrected chi connectivity index (χ0v) is 9.68. The zero-order chi connectivity index (χ0) is 10.7. The molecule has 1 aromatic carbocycles. The van der Waals surface area contributed by atoms with Crippen LogP contribution >= 0.6 is 11.6 Å². The Morgan fingerprint density at radius 3 is 2.21 bits per heavy atom. The lowest BCUT2D eigenvalue weighted by Crippen LogP contribution is -1.95. The monoisotopic (exact) mass is 214 g/mol. The Kier molecular flexibility index (Phi) is 3.64. The van der Waals surface area contributed by atoms with Crippen molar-refractivity contribution in [3.8, 4) is 11.5 Å². The van der Waals surface area contributed by atoms with Crippen molar-refractivity contribution >= 4 is 11.6 Å². The Morgan fingerprint density at radius 2 is 1.79 bits per heavy atom. The minimum absolute atomic E-state index is 0.423. The first-order chi connectivity index (χ1) is 6.60. The lowest BCUT2D eigenvalue weighted by molar-refractivity contribution is 0.354. The molecule has 0 saturated heterocycles. The van der Waals surface area contributed by atoms with E-state index in [0.29, 0.717) is 22.4 Å². The zero-order valence-electron chi connectivity index (χ0n) is 8.93. The molecular formula is C11H15ClO2. The molecule has 0 aromatic heterocycles. The van der Waals surface area contributed by atoms with E-state index >= 15 is 0 Å². The molecule has 0 atom stereocenters. The van der Waals surface area contributed by atoms with E-state index in [4.69, 9.17) is 21.1 Å². The number of halogens is 1. The van der Waals surface area contributed by atoms with Crippen LogP contribution in [0.1, 0.15) is 25.3 Å². The lowest BCUT2D eigenvalue weighted by atomic mass is 10.0. The van der Waals surface area contributed by atoms with E-state index in [9.17, 15) is 0 Å². The Labute approximate surface area is 89.8 Å². The second-order valence-electron chi connectivity index (χ2n) is 3.39. The summed E-state index contributed by atoms with van der Waals surface area (Å²) >= 11 is 6.05. The van der Waals surface area contributed by atoms with E-state index in [1.807, 2.05) is 12.1 Å². The summed E-state index contributed by atoms with van der Waals surface area (Å²) in [5.74, 6) is 1.70. The van der Waals surface area contributed by atoms with Gasteiger partial charge in [0.2, 0.25) is 0 Å². The summed E-state index contributed by atoms with van der Waals surface area (Å²) in [6.07, 6.45) is 0. The summed E-state index contributed by atoms with van der Waals surface area (Å²) in [6.45, 7) is 4.22.